The number of benzene rings is 3. The van der Waals surface area contributed by atoms with Crippen molar-refractivity contribution in [2.45, 2.75) is 25.7 Å². The molecule has 5 rings (SSSR count). The van der Waals surface area contributed by atoms with Crippen LogP contribution < -0.4 is 5.69 Å². The Kier molecular flexibility index (Phi) is 4.80. The zero-order valence-electron chi connectivity index (χ0n) is 16.5. The molecule has 1 aliphatic rings. The molecule has 0 bridgehead atoms. The first-order valence-corrected chi connectivity index (χ1v) is 10.7. The summed E-state index contributed by atoms with van der Waals surface area (Å²) in [6.45, 7) is 2.07. The van der Waals surface area contributed by atoms with Crippen LogP contribution in [0, 0.1) is 6.92 Å². The number of hydrogen-bond donors (Lipinski definition) is 0. The van der Waals surface area contributed by atoms with Gasteiger partial charge in [-0.25, -0.2) is 4.79 Å². The van der Waals surface area contributed by atoms with Crippen LogP contribution in [0.15, 0.2) is 77.6 Å². The Balaban J connectivity index is 1.87. The predicted octanol–water partition coefficient (Wildman–Crippen LogP) is 6.79. The molecule has 1 saturated carbocycles. The monoisotopic (exact) mass is 434 g/mol. The molecule has 3 aromatic carbocycles. The molecule has 150 valence electrons. The molecule has 1 aromatic heterocycles. The normalized spacial score (nSPS) is 13.6. The van der Waals surface area contributed by atoms with Gasteiger partial charge in [0.1, 0.15) is 0 Å². The first-order chi connectivity index (χ1) is 14.5. The smallest absolute Gasteiger partial charge is 0.264 e. The zero-order valence-corrected chi connectivity index (χ0v) is 18.0. The van der Waals surface area contributed by atoms with Crippen LogP contribution in [0.1, 0.15) is 30.0 Å². The molecule has 0 aliphatic heterocycles. The van der Waals surface area contributed by atoms with E-state index in [0.717, 1.165) is 46.7 Å². The van der Waals surface area contributed by atoms with Crippen molar-refractivity contribution in [2.24, 2.45) is 0 Å². The SMILES string of the molecule is Cc1cccc(-c2c(C3CC3)n(-c3ccc(Cl)cc3)c(=O)n2-c2ccc(Cl)cc2)c1. The highest BCUT2D eigenvalue weighted by Crippen LogP contribution is 2.45. The standard InChI is InChI=1S/C25H20Cl2N2O/c1-16-3-2-4-18(15-16)24-23(17-5-6-17)28(21-11-7-19(26)8-12-21)25(30)29(24)22-13-9-20(27)10-14-22/h2-4,7-15,17H,5-6H2,1H3. The molecule has 0 N–H and O–H groups in total. The van der Waals surface area contributed by atoms with E-state index in [1.165, 1.54) is 0 Å². The molecule has 30 heavy (non-hydrogen) atoms. The average molecular weight is 435 g/mol. The van der Waals surface area contributed by atoms with Gasteiger partial charge >= 0.3 is 5.69 Å². The van der Waals surface area contributed by atoms with Gasteiger partial charge in [-0.15, -0.1) is 0 Å². The van der Waals surface area contributed by atoms with Gasteiger partial charge in [0, 0.05) is 21.5 Å². The summed E-state index contributed by atoms with van der Waals surface area (Å²) >= 11 is 12.2. The van der Waals surface area contributed by atoms with Crippen molar-refractivity contribution < 1.29 is 0 Å². The van der Waals surface area contributed by atoms with Crippen molar-refractivity contribution in [1.29, 1.82) is 0 Å². The Labute approximate surface area is 185 Å². The van der Waals surface area contributed by atoms with E-state index < -0.39 is 0 Å². The summed E-state index contributed by atoms with van der Waals surface area (Å²) in [5.74, 6) is 0.359. The number of nitrogens with zero attached hydrogens (tertiary/aromatic N) is 2. The van der Waals surface area contributed by atoms with Crippen molar-refractivity contribution in [3.05, 3.63) is 105 Å². The van der Waals surface area contributed by atoms with Crippen LogP contribution in [0.3, 0.4) is 0 Å². The summed E-state index contributed by atoms with van der Waals surface area (Å²) in [4.78, 5) is 13.8. The van der Waals surface area contributed by atoms with Gasteiger partial charge in [-0.3, -0.25) is 9.13 Å². The minimum Gasteiger partial charge on any atom is -0.264 e. The Bertz CT molecular complexity index is 1280. The number of aryl methyl sites for hydroxylation is 1. The number of aromatic nitrogens is 2. The largest absolute Gasteiger partial charge is 0.338 e. The van der Waals surface area contributed by atoms with Crippen molar-refractivity contribution in [3.8, 4) is 22.6 Å². The molecule has 1 aliphatic carbocycles. The van der Waals surface area contributed by atoms with Gasteiger partial charge in [-0.1, -0.05) is 47.0 Å². The van der Waals surface area contributed by atoms with Crippen molar-refractivity contribution in [3.63, 3.8) is 0 Å². The molecule has 1 heterocycles. The van der Waals surface area contributed by atoms with E-state index >= 15 is 0 Å². The van der Waals surface area contributed by atoms with Crippen molar-refractivity contribution in [1.82, 2.24) is 9.13 Å². The molecule has 0 spiro atoms. The van der Waals surface area contributed by atoms with Gasteiger partial charge in [0.15, 0.2) is 0 Å². The fourth-order valence-electron chi connectivity index (χ4n) is 3.99. The lowest BCUT2D eigenvalue weighted by molar-refractivity contribution is 0.868. The third-order valence-electron chi connectivity index (χ3n) is 5.51. The number of imidazole rings is 1. The summed E-state index contributed by atoms with van der Waals surface area (Å²) in [6.07, 6.45) is 2.16. The van der Waals surface area contributed by atoms with E-state index in [9.17, 15) is 4.79 Å². The second kappa shape index (κ2) is 7.50. The third kappa shape index (κ3) is 3.38. The zero-order chi connectivity index (χ0) is 20.8. The van der Waals surface area contributed by atoms with Gasteiger partial charge in [-0.05, 0) is 74.4 Å². The van der Waals surface area contributed by atoms with Crippen LogP contribution in [-0.4, -0.2) is 9.13 Å². The topological polar surface area (TPSA) is 26.9 Å². The summed E-state index contributed by atoms with van der Waals surface area (Å²) in [7, 11) is 0. The van der Waals surface area contributed by atoms with Crippen LogP contribution in [0.4, 0.5) is 0 Å². The summed E-state index contributed by atoms with van der Waals surface area (Å²) < 4.78 is 3.66. The molecule has 0 radical (unpaired) electrons. The van der Waals surface area contributed by atoms with Gasteiger partial charge < -0.3 is 0 Å². The van der Waals surface area contributed by atoms with E-state index in [4.69, 9.17) is 23.2 Å². The Morgan fingerprint density at radius 3 is 1.90 bits per heavy atom. The molecular weight excluding hydrogens is 415 g/mol. The predicted molar refractivity (Wildman–Crippen MR) is 124 cm³/mol. The van der Waals surface area contributed by atoms with Gasteiger partial charge in [0.05, 0.1) is 22.8 Å². The third-order valence-corrected chi connectivity index (χ3v) is 6.02. The van der Waals surface area contributed by atoms with Crippen LogP contribution in [0.2, 0.25) is 10.0 Å². The summed E-state index contributed by atoms with van der Waals surface area (Å²) in [5, 5.41) is 1.29. The molecular formula is C25H20Cl2N2O. The quantitative estimate of drug-likeness (QED) is 0.347. The number of halogens is 2. The Hall–Kier alpha value is -2.75. The van der Waals surface area contributed by atoms with E-state index in [-0.39, 0.29) is 5.69 Å². The van der Waals surface area contributed by atoms with Crippen molar-refractivity contribution >= 4 is 23.2 Å². The summed E-state index contributed by atoms with van der Waals surface area (Å²) in [6, 6.07) is 23.2. The fourth-order valence-corrected chi connectivity index (χ4v) is 4.24. The molecule has 5 heteroatoms. The Morgan fingerprint density at radius 2 is 1.37 bits per heavy atom. The first kappa shape index (κ1) is 19.2. The van der Waals surface area contributed by atoms with Crippen LogP contribution in [0.5, 0.6) is 0 Å². The molecule has 0 atom stereocenters. The second-order valence-electron chi connectivity index (χ2n) is 7.78. The molecule has 1 fully saturated rings. The maximum atomic E-state index is 13.8. The minimum absolute atomic E-state index is 0.0851. The van der Waals surface area contributed by atoms with Crippen LogP contribution in [-0.2, 0) is 0 Å². The number of rotatable bonds is 4. The molecule has 0 amide bonds. The minimum atomic E-state index is -0.0851. The van der Waals surface area contributed by atoms with Gasteiger partial charge in [-0.2, -0.15) is 0 Å². The average Bonchev–Trinajstić information content (AvgIpc) is 3.53. The molecule has 0 saturated heterocycles. The Morgan fingerprint density at radius 1 is 0.800 bits per heavy atom. The summed E-state index contributed by atoms with van der Waals surface area (Å²) in [5.41, 5.74) is 5.74. The lowest BCUT2D eigenvalue weighted by Gasteiger charge is -2.12. The molecule has 3 nitrogen and oxygen atoms in total. The van der Waals surface area contributed by atoms with Crippen LogP contribution in [0.25, 0.3) is 22.6 Å². The lowest BCUT2D eigenvalue weighted by Crippen LogP contribution is -2.23. The fraction of sp³-hybridized carbons (Fsp3) is 0.160. The molecule has 0 unspecified atom stereocenters. The first-order valence-electron chi connectivity index (χ1n) is 9.99. The lowest BCUT2D eigenvalue weighted by atomic mass is 10.0. The van der Waals surface area contributed by atoms with E-state index in [0.29, 0.717) is 16.0 Å². The van der Waals surface area contributed by atoms with Crippen molar-refractivity contribution in [2.75, 3.05) is 0 Å². The number of hydrogen-bond acceptors (Lipinski definition) is 1. The maximum Gasteiger partial charge on any atom is 0.338 e. The van der Waals surface area contributed by atoms with E-state index in [2.05, 4.69) is 25.1 Å². The molecule has 4 aromatic rings. The highest BCUT2D eigenvalue weighted by atomic mass is 35.5. The highest BCUT2D eigenvalue weighted by molar-refractivity contribution is 6.30. The van der Waals surface area contributed by atoms with E-state index in [1.54, 1.807) is 0 Å². The van der Waals surface area contributed by atoms with E-state index in [1.807, 2.05) is 63.7 Å². The van der Waals surface area contributed by atoms with Crippen LogP contribution >= 0.6 is 23.2 Å². The second-order valence-corrected chi connectivity index (χ2v) is 8.66. The van der Waals surface area contributed by atoms with Gasteiger partial charge in [0.25, 0.3) is 0 Å². The maximum absolute atomic E-state index is 13.8. The van der Waals surface area contributed by atoms with Gasteiger partial charge in [0.2, 0.25) is 0 Å². The highest BCUT2D eigenvalue weighted by Gasteiger charge is 2.34.